The molecule has 1 aromatic heterocycles. The molecule has 1 N–H and O–H groups in total. The lowest BCUT2D eigenvalue weighted by Gasteiger charge is -2.23. The summed E-state index contributed by atoms with van der Waals surface area (Å²) >= 11 is 5.73. The summed E-state index contributed by atoms with van der Waals surface area (Å²) in [6.07, 6.45) is 2.27. The maximum absolute atomic E-state index is 13.3. The predicted molar refractivity (Wildman–Crippen MR) is 96.9 cm³/mol. The van der Waals surface area contributed by atoms with Gasteiger partial charge in [-0.1, -0.05) is 0 Å². The molecule has 2 saturated heterocycles. The van der Waals surface area contributed by atoms with E-state index >= 15 is 0 Å². The normalized spacial score (nSPS) is 21.3. The number of ether oxygens (including phenoxy) is 2. The van der Waals surface area contributed by atoms with Gasteiger partial charge in [-0.2, -0.15) is 4.68 Å². The van der Waals surface area contributed by atoms with Gasteiger partial charge in [0.25, 0.3) is 0 Å². The highest BCUT2D eigenvalue weighted by Crippen LogP contribution is 2.22. The molecule has 0 unspecified atom stereocenters. The number of nitrogens with zero attached hydrogens (tertiary/aromatic N) is 3. The Hall–Kier alpha value is -1.61. The standard InChI is InChI=1S/C18H23FN4O2S/c19-15-5-3-14(4-6-15)17-20-23(13-21-7-10-24-11-8-21)18(26)22(17)12-16-2-1-9-25-16/h3-6,16H,1-2,7-13H2/p+1/t16-/m1/s1. The molecule has 0 bridgehead atoms. The van der Waals surface area contributed by atoms with Gasteiger partial charge in [-0.15, -0.1) is 5.10 Å². The van der Waals surface area contributed by atoms with Gasteiger partial charge in [-0.3, -0.25) is 4.57 Å². The average Bonchev–Trinajstić information content (AvgIpc) is 3.27. The van der Waals surface area contributed by atoms with Gasteiger partial charge in [0.1, 0.15) is 18.9 Å². The second kappa shape index (κ2) is 7.96. The summed E-state index contributed by atoms with van der Waals surface area (Å²) in [4.78, 5) is 1.40. The van der Waals surface area contributed by atoms with Gasteiger partial charge in [-0.25, -0.2) is 4.39 Å². The molecule has 6 nitrogen and oxygen atoms in total. The van der Waals surface area contributed by atoms with Crippen LogP contribution in [-0.2, 0) is 22.7 Å². The minimum atomic E-state index is -0.254. The van der Waals surface area contributed by atoms with E-state index in [1.165, 1.54) is 17.0 Å². The van der Waals surface area contributed by atoms with E-state index in [2.05, 4.69) is 0 Å². The Labute approximate surface area is 157 Å². The SMILES string of the molecule is Fc1ccc(-c2nn(C[NH+]3CCOCC3)c(=S)n2C[C@H]2CCCO2)cc1. The quantitative estimate of drug-likeness (QED) is 0.795. The Morgan fingerprint density at radius 2 is 1.96 bits per heavy atom. The molecule has 3 heterocycles. The van der Waals surface area contributed by atoms with Crippen LogP contribution in [0.25, 0.3) is 11.4 Å². The summed E-state index contributed by atoms with van der Waals surface area (Å²) in [6.45, 7) is 5.64. The number of hydrogen-bond donors (Lipinski definition) is 1. The van der Waals surface area contributed by atoms with Crippen LogP contribution < -0.4 is 4.90 Å². The molecule has 2 fully saturated rings. The van der Waals surface area contributed by atoms with Crippen LogP contribution in [0.15, 0.2) is 24.3 Å². The van der Waals surface area contributed by atoms with Gasteiger partial charge >= 0.3 is 0 Å². The number of nitrogens with one attached hydrogen (secondary N) is 1. The second-order valence-corrected chi connectivity index (χ2v) is 7.24. The van der Waals surface area contributed by atoms with Crippen LogP contribution in [0.1, 0.15) is 12.8 Å². The van der Waals surface area contributed by atoms with E-state index in [0.29, 0.717) is 11.3 Å². The fourth-order valence-electron chi connectivity index (χ4n) is 3.54. The van der Waals surface area contributed by atoms with Crippen molar-refractivity contribution < 1.29 is 18.8 Å². The monoisotopic (exact) mass is 379 g/mol. The lowest BCUT2D eigenvalue weighted by molar-refractivity contribution is -0.930. The van der Waals surface area contributed by atoms with Crippen molar-refractivity contribution in [3.8, 4) is 11.4 Å². The van der Waals surface area contributed by atoms with Crippen molar-refractivity contribution in [3.63, 3.8) is 0 Å². The number of halogens is 1. The highest BCUT2D eigenvalue weighted by atomic mass is 32.1. The van der Waals surface area contributed by atoms with Crippen LogP contribution in [0.2, 0.25) is 0 Å². The lowest BCUT2D eigenvalue weighted by atomic mass is 10.2. The molecule has 2 aliphatic heterocycles. The van der Waals surface area contributed by atoms with E-state index in [0.717, 1.165) is 63.8 Å². The number of rotatable bonds is 5. The third kappa shape index (κ3) is 3.88. The molecule has 1 atom stereocenters. The first-order valence-corrected chi connectivity index (χ1v) is 9.58. The Bertz CT molecular complexity index is 793. The van der Waals surface area contributed by atoms with Gasteiger partial charge < -0.3 is 14.4 Å². The van der Waals surface area contributed by atoms with Crippen molar-refractivity contribution >= 4 is 12.2 Å². The molecule has 2 aromatic rings. The van der Waals surface area contributed by atoms with Crippen molar-refractivity contribution in [1.82, 2.24) is 14.3 Å². The van der Waals surface area contributed by atoms with Crippen LogP contribution in [-0.4, -0.2) is 53.4 Å². The molecule has 0 radical (unpaired) electrons. The molecule has 2 aliphatic rings. The van der Waals surface area contributed by atoms with Crippen molar-refractivity contribution in [3.05, 3.63) is 34.9 Å². The van der Waals surface area contributed by atoms with Crippen molar-refractivity contribution in [2.24, 2.45) is 0 Å². The highest BCUT2D eigenvalue weighted by Gasteiger charge is 2.22. The molecule has 8 heteroatoms. The topological polar surface area (TPSA) is 45.7 Å². The van der Waals surface area contributed by atoms with Crippen LogP contribution in [0.4, 0.5) is 4.39 Å². The van der Waals surface area contributed by atoms with Gasteiger partial charge in [0.15, 0.2) is 12.5 Å². The number of benzene rings is 1. The van der Waals surface area contributed by atoms with Crippen LogP contribution >= 0.6 is 12.2 Å². The Kier molecular flexibility index (Phi) is 5.44. The molecular weight excluding hydrogens is 355 g/mol. The zero-order valence-electron chi connectivity index (χ0n) is 14.7. The fourth-order valence-corrected chi connectivity index (χ4v) is 3.81. The van der Waals surface area contributed by atoms with Gasteiger partial charge in [-0.05, 0) is 49.3 Å². The third-order valence-corrected chi connectivity index (χ3v) is 5.44. The van der Waals surface area contributed by atoms with Crippen molar-refractivity contribution in [2.75, 3.05) is 32.9 Å². The maximum atomic E-state index is 13.3. The van der Waals surface area contributed by atoms with E-state index in [9.17, 15) is 4.39 Å². The molecule has 26 heavy (non-hydrogen) atoms. The zero-order valence-corrected chi connectivity index (χ0v) is 15.5. The third-order valence-electron chi connectivity index (χ3n) is 5.01. The Morgan fingerprint density at radius 1 is 1.19 bits per heavy atom. The van der Waals surface area contributed by atoms with E-state index in [1.807, 2.05) is 9.25 Å². The van der Waals surface area contributed by atoms with Crippen LogP contribution in [0.5, 0.6) is 0 Å². The van der Waals surface area contributed by atoms with Crippen molar-refractivity contribution in [2.45, 2.75) is 32.2 Å². The van der Waals surface area contributed by atoms with E-state index < -0.39 is 0 Å². The molecular formula is C18H24FN4O2S+. The first-order chi connectivity index (χ1) is 12.7. The summed E-state index contributed by atoms with van der Waals surface area (Å²) in [7, 11) is 0. The van der Waals surface area contributed by atoms with E-state index in [1.54, 1.807) is 12.1 Å². The zero-order chi connectivity index (χ0) is 17.9. The van der Waals surface area contributed by atoms with Gasteiger partial charge in [0.2, 0.25) is 4.77 Å². The maximum Gasteiger partial charge on any atom is 0.203 e. The summed E-state index contributed by atoms with van der Waals surface area (Å²) < 4.78 is 29.2. The fraction of sp³-hybridized carbons (Fsp3) is 0.556. The van der Waals surface area contributed by atoms with Gasteiger partial charge in [0.05, 0.1) is 25.9 Å². The molecule has 0 saturated carbocycles. The number of morpholine rings is 1. The first-order valence-electron chi connectivity index (χ1n) is 9.17. The predicted octanol–water partition coefficient (Wildman–Crippen LogP) is 1.27. The van der Waals surface area contributed by atoms with Gasteiger partial charge in [0, 0.05) is 12.2 Å². The molecule has 0 aliphatic carbocycles. The summed E-state index contributed by atoms with van der Waals surface area (Å²) in [6, 6.07) is 6.43. The van der Waals surface area contributed by atoms with Crippen LogP contribution in [0, 0.1) is 10.6 Å². The largest absolute Gasteiger partial charge is 0.376 e. The Morgan fingerprint density at radius 3 is 2.65 bits per heavy atom. The van der Waals surface area contributed by atoms with Crippen molar-refractivity contribution in [1.29, 1.82) is 0 Å². The minimum absolute atomic E-state index is 0.161. The number of hydrogen-bond acceptors (Lipinski definition) is 4. The number of quaternary nitrogens is 1. The van der Waals surface area contributed by atoms with E-state index in [4.69, 9.17) is 26.8 Å². The number of aromatic nitrogens is 3. The minimum Gasteiger partial charge on any atom is -0.376 e. The summed E-state index contributed by atoms with van der Waals surface area (Å²) in [5.41, 5.74) is 0.867. The molecule has 1 aromatic carbocycles. The molecule has 0 spiro atoms. The van der Waals surface area contributed by atoms with Crippen LogP contribution in [0.3, 0.4) is 0 Å². The first kappa shape index (κ1) is 17.8. The Balaban J connectivity index is 1.66. The molecule has 0 amide bonds. The molecule has 4 rings (SSSR count). The van der Waals surface area contributed by atoms with E-state index in [-0.39, 0.29) is 11.9 Å². The highest BCUT2D eigenvalue weighted by molar-refractivity contribution is 7.71. The lowest BCUT2D eigenvalue weighted by Crippen LogP contribution is -3.13. The smallest absolute Gasteiger partial charge is 0.203 e. The molecule has 140 valence electrons. The second-order valence-electron chi connectivity index (χ2n) is 6.88. The summed E-state index contributed by atoms with van der Waals surface area (Å²) in [5.74, 6) is 0.522. The summed E-state index contributed by atoms with van der Waals surface area (Å²) in [5, 5.41) is 4.78. The average molecular weight is 379 g/mol.